The van der Waals surface area contributed by atoms with Crippen molar-refractivity contribution in [3.05, 3.63) is 11.7 Å². The Hall–Kier alpha value is -0.900. The molecule has 16 heavy (non-hydrogen) atoms. The zero-order chi connectivity index (χ0) is 10.9. The molecular formula is C12H16N2O2. The first-order valence-electron chi connectivity index (χ1n) is 6.27. The van der Waals surface area contributed by atoms with Gasteiger partial charge >= 0.3 is 0 Å². The van der Waals surface area contributed by atoms with Crippen molar-refractivity contribution in [3.8, 4) is 0 Å². The van der Waals surface area contributed by atoms with E-state index in [9.17, 15) is 5.11 Å². The highest BCUT2D eigenvalue weighted by Crippen LogP contribution is 2.72. The highest BCUT2D eigenvalue weighted by Gasteiger charge is 2.67. The third-order valence-corrected chi connectivity index (χ3v) is 4.85. The molecule has 86 valence electrons. The van der Waals surface area contributed by atoms with E-state index in [0.29, 0.717) is 11.7 Å². The summed E-state index contributed by atoms with van der Waals surface area (Å²) in [5.41, 5.74) is 0. The molecule has 1 N–H and O–H groups in total. The van der Waals surface area contributed by atoms with Gasteiger partial charge in [0.25, 0.3) is 0 Å². The smallest absolute Gasteiger partial charge is 0.230 e. The first-order chi connectivity index (χ1) is 7.75. The summed E-state index contributed by atoms with van der Waals surface area (Å²) in [6, 6.07) is 0. The molecule has 5 unspecified atom stereocenters. The van der Waals surface area contributed by atoms with Gasteiger partial charge in [0, 0.05) is 5.92 Å². The van der Waals surface area contributed by atoms with Crippen LogP contribution in [0.4, 0.5) is 0 Å². The molecule has 0 amide bonds. The zero-order valence-corrected chi connectivity index (χ0v) is 9.34. The van der Waals surface area contributed by atoms with Crippen LogP contribution in [-0.4, -0.2) is 15.2 Å². The molecule has 1 aromatic heterocycles. The Morgan fingerprint density at radius 2 is 2.00 bits per heavy atom. The van der Waals surface area contributed by atoms with Gasteiger partial charge in [-0.2, -0.15) is 4.98 Å². The fourth-order valence-corrected chi connectivity index (χ4v) is 4.21. The van der Waals surface area contributed by atoms with Crippen LogP contribution in [0.1, 0.15) is 49.9 Å². The van der Waals surface area contributed by atoms with E-state index in [1.165, 1.54) is 19.3 Å². The van der Waals surface area contributed by atoms with Gasteiger partial charge in [-0.25, -0.2) is 0 Å². The summed E-state index contributed by atoms with van der Waals surface area (Å²) < 4.78 is 5.29. The summed E-state index contributed by atoms with van der Waals surface area (Å²) in [4.78, 5) is 4.32. The Morgan fingerprint density at radius 3 is 2.56 bits per heavy atom. The molecule has 5 atom stereocenters. The lowest BCUT2D eigenvalue weighted by Crippen LogP contribution is -1.98. The van der Waals surface area contributed by atoms with Gasteiger partial charge in [0.15, 0.2) is 5.82 Å². The van der Waals surface area contributed by atoms with Gasteiger partial charge in [-0.3, -0.25) is 0 Å². The molecule has 4 rings (SSSR count). The van der Waals surface area contributed by atoms with Crippen LogP contribution in [-0.2, 0) is 0 Å². The predicted octanol–water partition coefficient (Wildman–Crippen LogP) is 1.88. The Bertz CT molecular complexity index is 412. The van der Waals surface area contributed by atoms with E-state index in [0.717, 1.165) is 29.6 Å². The largest absolute Gasteiger partial charge is 0.385 e. The highest BCUT2D eigenvalue weighted by atomic mass is 16.5. The number of aliphatic hydroxyl groups excluding tert-OH is 1. The Kier molecular flexibility index (Phi) is 1.64. The summed E-state index contributed by atoms with van der Waals surface area (Å²) >= 11 is 0. The number of fused-ring (bicyclic) bond motifs is 5. The number of hydrogen-bond donors (Lipinski definition) is 1. The molecule has 0 radical (unpaired) electrons. The minimum Gasteiger partial charge on any atom is -0.385 e. The minimum absolute atomic E-state index is 0.437. The number of rotatable bonds is 2. The van der Waals surface area contributed by atoms with Crippen molar-refractivity contribution < 1.29 is 9.63 Å². The molecule has 0 spiro atoms. The number of aliphatic hydroxyl groups is 1. The van der Waals surface area contributed by atoms with E-state index in [2.05, 4.69) is 10.1 Å². The van der Waals surface area contributed by atoms with Gasteiger partial charge in [0.2, 0.25) is 5.89 Å². The Labute approximate surface area is 94.0 Å². The van der Waals surface area contributed by atoms with Crippen LogP contribution in [0, 0.1) is 23.7 Å². The standard InChI is InChI=1S/C12H16N2O2/c1-5(15)11-13-12(16-14-11)10-8-6-2-3-7(4-6)9(8)10/h5-10,15H,2-4H2,1H3. The van der Waals surface area contributed by atoms with Crippen LogP contribution in [0.3, 0.4) is 0 Å². The van der Waals surface area contributed by atoms with E-state index in [4.69, 9.17) is 4.52 Å². The maximum absolute atomic E-state index is 9.37. The molecule has 3 aliphatic rings. The van der Waals surface area contributed by atoms with Gasteiger partial charge in [0.1, 0.15) is 6.10 Å². The minimum atomic E-state index is -0.618. The quantitative estimate of drug-likeness (QED) is 0.826. The average molecular weight is 220 g/mol. The van der Waals surface area contributed by atoms with Crippen LogP contribution in [0.15, 0.2) is 4.52 Å². The van der Waals surface area contributed by atoms with Crippen molar-refractivity contribution >= 4 is 0 Å². The second kappa shape index (κ2) is 2.86. The first-order valence-corrected chi connectivity index (χ1v) is 6.27. The van der Waals surface area contributed by atoms with E-state index in [1.54, 1.807) is 6.92 Å². The molecule has 1 aromatic rings. The van der Waals surface area contributed by atoms with Crippen molar-refractivity contribution in [2.24, 2.45) is 23.7 Å². The number of nitrogens with zero attached hydrogens (tertiary/aromatic N) is 2. The maximum atomic E-state index is 9.37. The zero-order valence-electron chi connectivity index (χ0n) is 9.34. The fraction of sp³-hybridized carbons (Fsp3) is 0.833. The van der Waals surface area contributed by atoms with Crippen LogP contribution in [0.25, 0.3) is 0 Å². The van der Waals surface area contributed by atoms with Crippen LogP contribution in [0.2, 0.25) is 0 Å². The molecule has 4 heteroatoms. The molecule has 4 nitrogen and oxygen atoms in total. The Morgan fingerprint density at radius 1 is 1.31 bits per heavy atom. The molecular weight excluding hydrogens is 204 g/mol. The molecule has 3 fully saturated rings. The summed E-state index contributed by atoms with van der Waals surface area (Å²) in [5.74, 6) is 5.21. The van der Waals surface area contributed by atoms with Gasteiger partial charge in [-0.05, 0) is 49.9 Å². The maximum Gasteiger partial charge on any atom is 0.230 e. The summed E-state index contributed by atoms with van der Waals surface area (Å²) in [6.07, 6.45) is 3.62. The third-order valence-electron chi connectivity index (χ3n) is 4.85. The van der Waals surface area contributed by atoms with Gasteiger partial charge in [-0.1, -0.05) is 5.16 Å². The van der Waals surface area contributed by atoms with Crippen molar-refractivity contribution in [1.29, 1.82) is 0 Å². The average Bonchev–Trinajstić information content (AvgIpc) is 2.74. The summed E-state index contributed by atoms with van der Waals surface area (Å²) in [7, 11) is 0. The van der Waals surface area contributed by atoms with E-state index < -0.39 is 6.10 Å². The molecule has 1 heterocycles. The Balaban J connectivity index is 1.59. The predicted molar refractivity (Wildman–Crippen MR) is 55.5 cm³/mol. The SMILES string of the molecule is CC(O)c1noc(C2C3C4CCC(C4)C23)n1. The summed E-state index contributed by atoms with van der Waals surface area (Å²) in [6.45, 7) is 1.67. The normalized spacial score (nSPS) is 45.8. The summed E-state index contributed by atoms with van der Waals surface area (Å²) in [5, 5.41) is 13.2. The fourth-order valence-electron chi connectivity index (χ4n) is 4.21. The van der Waals surface area contributed by atoms with E-state index in [-0.39, 0.29) is 0 Å². The van der Waals surface area contributed by atoms with Crippen LogP contribution >= 0.6 is 0 Å². The molecule has 0 aromatic carbocycles. The second-order valence-electron chi connectivity index (χ2n) is 5.68. The van der Waals surface area contributed by atoms with Crippen molar-refractivity contribution in [1.82, 2.24) is 10.1 Å². The molecule has 0 aliphatic heterocycles. The lowest BCUT2D eigenvalue weighted by Gasteiger charge is -2.04. The van der Waals surface area contributed by atoms with Gasteiger partial charge < -0.3 is 9.63 Å². The molecule has 2 bridgehead atoms. The third kappa shape index (κ3) is 1.03. The van der Waals surface area contributed by atoms with Crippen LogP contribution < -0.4 is 0 Å². The van der Waals surface area contributed by atoms with Crippen molar-refractivity contribution in [3.63, 3.8) is 0 Å². The molecule has 3 saturated carbocycles. The highest BCUT2D eigenvalue weighted by molar-refractivity contribution is 5.22. The number of aromatic nitrogens is 2. The van der Waals surface area contributed by atoms with Crippen molar-refractivity contribution in [2.75, 3.05) is 0 Å². The van der Waals surface area contributed by atoms with E-state index in [1.807, 2.05) is 0 Å². The van der Waals surface area contributed by atoms with Crippen molar-refractivity contribution in [2.45, 2.75) is 38.2 Å². The lowest BCUT2D eigenvalue weighted by atomic mass is 10.0. The van der Waals surface area contributed by atoms with Gasteiger partial charge in [0.05, 0.1) is 0 Å². The first kappa shape index (κ1) is 9.16. The molecule has 3 aliphatic carbocycles. The van der Waals surface area contributed by atoms with Gasteiger partial charge in [-0.15, -0.1) is 0 Å². The van der Waals surface area contributed by atoms with Crippen LogP contribution in [0.5, 0.6) is 0 Å². The lowest BCUT2D eigenvalue weighted by molar-refractivity contribution is 0.184. The topological polar surface area (TPSA) is 59.2 Å². The molecule has 0 saturated heterocycles. The second-order valence-corrected chi connectivity index (χ2v) is 5.68. The monoisotopic (exact) mass is 220 g/mol. The van der Waals surface area contributed by atoms with E-state index >= 15 is 0 Å². The number of hydrogen-bond acceptors (Lipinski definition) is 4.